The van der Waals surface area contributed by atoms with Crippen LogP contribution >= 0.6 is 0 Å². The normalized spacial score (nSPS) is 11.5. The van der Waals surface area contributed by atoms with Gasteiger partial charge in [0.2, 0.25) is 0 Å². The molecule has 0 amide bonds. The summed E-state index contributed by atoms with van der Waals surface area (Å²) in [5.41, 5.74) is 0. The molecule has 5 nitrogen and oxygen atoms in total. The second-order valence-corrected chi connectivity index (χ2v) is 5.35. The van der Waals surface area contributed by atoms with Gasteiger partial charge in [0.1, 0.15) is 0 Å². The molecule has 0 aliphatic rings. The summed E-state index contributed by atoms with van der Waals surface area (Å²) in [5.74, 6) is 0.886. The molecule has 1 N–H and O–H groups in total. The number of hydrogen-bond donors (Lipinski definition) is 1. The second kappa shape index (κ2) is 18.8. The second-order valence-electron chi connectivity index (χ2n) is 5.35. The highest BCUT2D eigenvalue weighted by Gasteiger charge is 2.02. The number of rotatable bonds is 18. The van der Waals surface area contributed by atoms with E-state index in [0.717, 1.165) is 18.9 Å². The maximum Gasteiger partial charge on any atom is 0.0701 e. The third-order valence-corrected chi connectivity index (χ3v) is 3.66. The van der Waals surface area contributed by atoms with Crippen molar-refractivity contribution < 1.29 is 24.1 Å². The lowest BCUT2D eigenvalue weighted by atomic mass is 9.97. The fourth-order valence-electron chi connectivity index (χ4n) is 2.16. The van der Waals surface area contributed by atoms with E-state index in [1.165, 1.54) is 25.7 Å². The van der Waals surface area contributed by atoms with Crippen molar-refractivity contribution >= 4 is 0 Å². The third kappa shape index (κ3) is 16.2. The Balaban J connectivity index is 3.02. The molecule has 0 atom stereocenters. The molecule has 0 heterocycles. The molecule has 0 unspecified atom stereocenters. The van der Waals surface area contributed by atoms with Gasteiger partial charge in [-0.2, -0.15) is 0 Å². The first-order valence-electron chi connectivity index (χ1n) is 8.76. The molecule has 0 fully saturated rings. The van der Waals surface area contributed by atoms with Crippen LogP contribution in [0.3, 0.4) is 0 Å². The third-order valence-electron chi connectivity index (χ3n) is 3.66. The molecule has 0 radical (unpaired) electrons. The van der Waals surface area contributed by atoms with Crippen molar-refractivity contribution in [3.63, 3.8) is 0 Å². The predicted molar refractivity (Wildman–Crippen MR) is 88.3 cm³/mol. The fourth-order valence-corrected chi connectivity index (χ4v) is 2.16. The topological polar surface area (TPSA) is 57.2 Å². The van der Waals surface area contributed by atoms with E-state index in [1.807, 2.05) is 0 Å². The lowest BCUT2D eigenvalue weighted by molar-refractivity contribution is -0.00582. The highest BCUT2D eigenvalue weighted by Crippen LogP contribution is 2.15. The van der Waals surface area contributed by atoms with Crippen LogP contribution in [-0.4, -0.2) is 64.6 Å². The Morgan fingerprint density at radius 1 is 0.636 bits per heavy atom. The zero-order chi connectivity index (χ0) is 16.3. The van der Waals surface area contributed by atoms with Crippen molar-refractivity contribution in [3.8, 4) is 0 Å². The van der Waals surface area contributed by atoms with Gasteiger partial charge in [0.25, 0.3) is 0 Å². The van der Waals surface area contributed by atoms with E-state index in [4.69, 9.17) is 24.1 Å². The maximum absolute atomic E-state index is 8.51. The Bertz CT molecular complexity index is 197. The Kier molecular flexibility index (Phi) is 18.7. The lowest BCUT2D eigenvalue weighted by Gasteiger charge is -2.11. The maximum atomic E-state index is 8.51. The molecule has 0 bridgehead atoms. The van der Waals surface area contributed by atoms with Gasteiger partial charge in [0, 0.05) is 6.61 Å². The van der Waals surface area contributed by atoms with Crippen molar-refractivity contribution in [2.24, 2.45) is 5.92 Å². The number of aliphatic hydroxyl groups is 1. The standard InChI is InChI=1S/C17H36O5/c1-3-17(4-2)7-5-6-9-19-11-13-21-15-16-22-14-12-20-10-8-18/h17-18H,3-16H2,1-2H3. The lowest BCUT2D eigenvalue weighted by Crippen LogP contribution is -2.12. The molecule has 22 heavy (non-hydrogen) atoms. The average molecular weight is 320 g/mol. The summed E-state index contributed by atoms with van der Waals surface area (Å²) in [4.78, 5) is 0. The highest BCUT2D eigenvalue weighted by atomic mass is 16.6. The van der Waals surface area contributed by atoms with E-state index in [-0.39, 0.29) is 6.61 Å². The van der Waals surface area contributed by atoms with Crippen molar-refractivity contribution in [2.75, 3.05) is 59.5 Å². The first-order valence-corrected chi connectivity index (χ1v) is 8.76. The number of hydrogen-bond acceptors (Lipinski definition) is 5. The Hall–Kier alpha value is -0.200. The van der Waals surface area contributed by atoms with Crippen LogP contribution in [0.2, 0.25) is 0 Å². The van der Waals surface area contributed by atoms with Crippen LogP contribution in [0.25, 0.3) is 0 Å². The molecule has 0 rings (SSSR count). The molecule has 0 spiro atoms. The Morgan fingerprint density at radius 2 is 1.09 bits per heavy atom. The summed E-state index contributed by atoms with van der Waals surface area (Å²) in [7, 11) is 0. The fraction of sp³-hybridized carbons (Fsp3) is 1.00. The molecule has 0 aromatic carbocycles. The minimum absolute atomic E-state index is 0.0564. The van der Waals surface area contributed by atoms with Crippen LogP contribution in [0.15, 0.2) is 0 Å². The average Bonchev–Trinajstić information content (AvgIpc) is 2.55. The van der Waals surface area contributed by atoms with Crippen LogP contribution in [0.1, 0.15) is 46.0 Å². The van der Waals surface area contributed by atoms with Crippen LogP contribution in [0, 0.1) is 5.92 Å². The van der Waals surface area contributed by atoms with Crippen molar-refractivity contribution in [1.29, 1.82) is 0 Å². The zero-order valence-corrected chi connectivity index (χ0v) is 14.6. The summed E-state index contributed by atoms with van der Waals surface area (Å²) < 4.78 is 21.3. The molecule has 0 aliphatic carbocycles. The summed E-state index contributed by atoms with van der Waals surface area (Å²) >= 11 is 0. The van der Waals surface area contributed by atoms with Crippen LogP contribution < -0.4 is 0 Å². The van der Waals surface area contributed by atoms with Crippen LogP contribution in [0.5, 0.6) is 0 Å². The molecule has 0 aromatic rings. The first-order chi connectivity index (χ1) is 10.8. The summed E-state index contributed by atoms with van der Waals surface area (Å²) in [6, 6.07) is 0. The van der Waals surface area contributed by atoms with Gasteiger partial charge in [-0.1, -0.05) is 39.5 Å². The number of aliphatic hydroxyl groups excluding tert-OH is 1. The molecule has 134 valence electrons. The SMILES string of the molecule is CCC(CC)CCCCOCCOCCOCCOCCO. The van der Waals surface area contributed by atoms with Gasteiger partial charge in [-0.3, -0.25) is 0 Å². The van der Waals surface area contributed by atoms with Crippen molar-refractivity contribution in [3.05, 3.63) is 0 Å². The first kappa shape index (κ1) is 21.8. The van der Waals surface area contributed by atoms with Crippen molar-refractivity contribution in [1.82, 2.24) is 0 Å². The molecular weight excluding hydrogens is 284 g/mol. The minimum Gasteiger partial charge on any atom is -0.394 e. The van der Waals surface area contributed by atoms with Crippen molar-refractivity contribution in [2.45, 2.75) is 46.0 Å². The molecule has 0 saturated heterocycles. The van der Waals surface area contributed by atoms with E-state index in [0.29, 0.717) is 46.2 Å². The van der Waals surface area contributed by atoms with Gasteiger partial charge in [-0.15, -0.1) is 0 Å². The van der Waals surface area contributed by atoms with Gasteiger partial charge in [-0.25, -0.2) is 0 Å². The molecular formula is C17H36O5. The number of unbranched alkanes of at least 4 members (excludes halogenated alkanes) is 1. The van der Waals surface area contributed by atoms with Gasteiger partial charge in [0.15, 0.2) is 0 Å². The van der Waals surface area contributed by atoms with E-state index in [9.17, 15) is 0 Å². The Labute approximate surface area is 136 Å². The highest BCUT2D eigenvalue weighted by molar-refractivity contribution is 4.54. The molecule has 0 saturated carbocycles. The summed E-state index contributed by atoms with van der Waals surface area (Å²) in [6.45, 7) is 9.29. The summed E-state index contributed by atoms with van der Waals surface area (Å²) in [6.07, 6.45) is 6.32. The monoisotopic (exact) mass is 320 g/mol. The van der Waals surface area contributed by atoms with E-state index in [2.05, 4.69) is 13.8 Å². The quantitative estimate of drug-likeness (QED) is 0.394. The summed E-state index contributed by atoms with van der Waals surface area (Å²) in [5, 5.41) is 8.51. The number of ether oxygens (including phenoxy) is 4. The smallest absolute Gasteiger partial charge is 0.0701 e. The molecule has 0 aromatic heterocycles. The molecule has 0 aliphatic heterocycles. The van der Waals surface area contributed by atoms with Crippen LogP contribution in [-0.2, 0) is 18.9 Å². The zero-order valence-electron chi connectivity index (χ0n) is 14.6. The van der Waals surface area contributed by atoms with Gasteiger partial charge >= 0.3 is 0 Å². The minimum atomic E-state index is 0.0564. The largest absolute Gasteiger partial charge is 0.394 e. The van der Waals surface area contributed by atoms with E-state index >= 15 is 0 Å². The molecule has 5 heteroatoms. The van der Waals surface area contributed by atoms with Crippen LogP contribution in [0.4, 0.5) is 0 Å². The van der Waals surface area contributed by atoms with Gasteiger partial charge in [0.05, 0.1) is 52.9 Å². The van der Waals surface area contributed by atoms with E-state index in [1.54, 1.807) is 0 Å². The van der Waals surface area contributed by atoms with E-state index < -0.39 is 0 Å². The van der Waals surface area contributed by atoms with Gasteiger partial charge in [-0.05, 0) is 12.3 Å². The Morgan fingerprint density at radius 3 is 1.55 bits per heavy atom. The predicted octanol–water partition coefficient (Wildman–Crippen LogP) is 2.65. The van der Waals surface area contributed by atoms with Gasteiger partial charge < -0.3 is 24.1 Å².